The van der Waals surface area contributed by atoms with E-state index >= 15 is 0 Å². The maximum absolute atomic E-state index is 12.3. The first kappa shape index (κ1) is 20.4. The summed E-state index contributed by atoms with van der Waals surface area (Å²) in [5.41, 5.74) is -1.10. The Bertz CT molecular complexity index is 609. The summed E-state index contributed by atoms with van der Waals surface area (Å²) >= 11 is 0. The number of hydrogen-bond donors (Lipinski definition) is 2. The average molecular weight is 378 g/mol. The van der Waals surface area contributed by atoms with Crippen LogP contribution in [0.4, 0.5) is 13.2 Å². The number of ether oxygens (including phenoxy) is 1. The van der Waals surface area contributed by atoms with Crippen molar-refractivity contribution in [2.75, 3.05) is 13.1 Å². The number of rotatable bonds is 6. The molecule has 2 aliphatic rings. The highest BCUT2D eigenvalue weighted by Crippen LogP contribution is 2.40. The van der Waals surface area contributed by atoms with Crippen LogP contribution in [0.1, 0.15) is 26.2 Å². The number of hydrogen-bond acceptors (Lipinski definition) is 6. The SMILES string of the molecule is C=CC1CC(C(=O)OC(=O)C(F)(F)F)N(CCC2(O)CC2NC(C)=O)C1. The first-order chi connectivity index (χ1) is 12.0. The predicted molar refractivity (Wildman–Crippen MR) is 82.6 cm³/mol. The van der Waals surface area contributed by atoms with E-state index in [1.54, 1.807) is 11.0 Å². The topological polar surface area (TPSA) is 95.9 Å². The van der Waals surface area contributed by atoms with Crippen molar-refractivity contribution in [2.45, 2.75) is 50.0 Å². The molecule has 1 amide bonds. The van der Waals surface area contributed by atoms with E-state index in [0.717, 1.165) is 0 Å². The van der Waals surface area contributed by atoms with Gasteiger partial charge in [-0.25, -0.2) is 9.59 Å². The molecule has 0 radical (unpaired) electrons. The third kappa shape index (κ3) is 4.82. The van der Waals surface area contributed by atoms with Gasteiger partial charge in [0.25, 0.3) is 0 Å². The minimum atomic E-state index is -5.24. The lowest BCUT2D eigenvalue weighted by Crippen LogP contribution is -2.42. The highest BCUT2D eigenvalue weighted by molar-refractivity contribution is 5.91. The fraction of sp³-hybridized carbons (Fsp3) is 0.688. The van der Waals surface area contributed by atoms with Crippen LogP contribution in [-0.2, 0) is 19.1 Å². The van der Waals surface area contributed by atoms with Gasteiger partial charge in [0.15, 0.2) is 0 Å². The Labute approximate surface area is 148 Å². The van der Waals surface area contributed by atoms with Crippen LogP contribution in [0.2, 0.25) is 0 Å². The summed E-state index contributed by atoms with van der Waals surface area (Å²) in [6.07, 6.45) is -2.89. The molecule has 0 spiro atoms. The van der Waals surface area contributed by atoms with Crippen LogP contribution in [0.3, 0.4) is 0 Å². The van der Waals surface area contributed by atoms with E-state index in [9.17, 15) is 32.7 Å². The van der Waals surface area contributed by atoms with Crippen molar-refractivity contribution < 1.29 is 37.4 Å². The van der Waals surface area contributed by atoms with Crippen LogP contribution in [0.25, 0.3) is 0 Å². The minimum Gasteiger partial charge on any atom is -0.388 e. The summed E-state index contributed by atoms with van der Waals surface area (Å²) in [7, 11) is 0. The quantitative estimate of drug-likeness (QED) is 0.398. The van der Waals surface area contributed by atoms with Crippen molar-refractivity contribution in [3.8, 4) is 0 Å². The van der Waals surface area contributed by atoms with E-state index in [1.807, 2.05) is 0 Å². The number of halogens is 3. The fourth-order valence-electron chi connectivity index (χ4n) is 3.16. The molecule has 1 saturated heterocycles. The largest absolute Gasteiger partial charge is 0.491 e. The molecular weight excluding hydrogens is 357 g/mol. The number of alkyl halides is 3. The van der Waals surface area contributed by atoms with Crippen molar-refractivity contribution in [1.82, 2.24) is 10.2 Å². The van der Waals surface area contributed by atoms with Crippen molar-refractivity contribution >= 4 is 17.8 Å². The Morgan fingerprint density at radius 1 is 1.42 bits per heavy atom. The molecule has 7 nitrogen and oxygen atoms in total. The van der Waals surface area contributed by atoms with Crippen molar-refractivity contribution in [2.24, 2.45) is 5.92 Å². The Morgan fingerprint density at radius 2 is 2.08 bits per heavy atom. The zero-order valence-electron chi connectivity index (χ0n) is 14.2. The molecular formula is C16H21F3N2O5. The van der Waals surface area contributed by atoms with Gasteiger partial charge in [-0.3, -0.25) is 9.69 Å². The molecule has 0 aromatic carbocycles. The Hall–Kier alpha value is -1.94. The van der Waals surface area contributed by atoms with Crippen LogP contribution in [0.15, 0.2) is 12.7 Å². The van der Waals surface area contributed by atoms with E-state index in [0.29, 0.717) is 13.0 Å². The molecule has 1 aliphatic carbocycles. The zero-order chi connectivity index (χ0) is 19.7. The van der Waals surface area contributed by atoms with Crippen molar-refractivity contribution in [3.05, 3.63) is 12.7 Å². The molecule has 1 heterocycles. The van der Waals surface area contributed by atoms with Crippen LogP contribution >= 0.6 is 0 Å². The van der Waals surface area contributed by atoms with Crippen molar-refractivity contribution in [1.29, 1.82) is 0 Å². The molecule has 4 unspecified atom stereocenters. The predicted octanol–water partition coefficient (Wildman–Crippen LogP) is 0.525. The highest BCUT2D eigenvalue weighted by Gasteiger charge is 2.54. The molecule has 2 fully saturated rings. The van der Waals surface area contributed by atoms with Crippen LogP contribution < -0.4 is 5.32 Å². The second-order valence-corrected chi connectivity index (χ2v) is 6.76. The van der Waals surface area contributed by atoms with Gasteiger partial charge in [0.1, 0.15) is 6.04 Å². The molecule has 0 aromatic rings. The summed E-state index contributed by atoms with van der Waals surface area (Å²) < 4.78 is 40.8. The molecule has 10 heteroatoms. The minimum absolute atomic E-state index is 0.145. The summed E-state index contributed by atoms with van der Waals surface area (Å²) in [5, 5.41) is 12.9. The molecule has 2 rings (SSSR count). The van der Waals surface area contributed by atoms with Crippen LogP contribution in [0.5, 0.6) is 0 Å². The second-order valence-electron chi connectivity index (χ2n) is 6.76. The lowest BCUT2D eigenvalue weighted by Gasteiger charge is -2.24. The van der Waals surface area contributed by atoms with Gasteiger partial charge in [0.2, 0.25) is 5.91 Å². The first-order valence-electron chi connectivity index (χ1n) is 8.15. The number of carbonyl (C=O) groups is 3. The molecule has 2 N–H and O–H groups in total. The first-order valence-corrected chi connectivity index (χ1v) is 8.15. The number of likely N-dealkylation sites (tertiary alicyclic amines) is 1. The van der Waals surface area contributed by atoms with Crippen molar-refractivity contribution in [3.63, 3.8) is 0 Å². The number of carbonyl (C=O) groups excluding carboxylic acids is 3. The summed E-state index contributed by atoms with van der Waals surface area (Å²) in [5.74, 6) is -4.23. The maximum Gasteiger partial charge on any atom is 0.491 e. The van der Waals surface area contributed by atoms with E-state index in [2.05, 4.69) is 16.6 Å². The highest BCUT2D eigenvalue weighted by atomic mass is 19.4. The fourth-order valence-corrected chi connectivity index (χ4v) is 3.16. The lowest BCUT2D eigenvalue weighted by atomic mass is 10.1. The normalized spacial score (nSPS) is 31.3. The monoisotopic (exact) mass is 378 g/mol. The summed E-state index contributed by atoms with van der Waals surface area (Å²) in [6, 6.07) is -1.40. The number of amides is 1. The number of nitrogens with one attached hydrogen (secondary N) is 1. The van der Waals surface area contributed by atoms with E-state index in [1.165, 1.54) is 6.92 Å². The molecule has 146 valence electrons. The van der Waals surface area contributed by atoms with Gasteiger partial charge in [0.05, 0.1) is 11.6 Å². The van der Waals surface area contributed by atoms with Gasteiger partial charge >= 0.3 is 18.1 Å². The number of nitrogens with zero attached hydrogens (tertiary/aromatic N) is 1. The van der Waals surface area contributed by atoms with Gasteiger partial charge in [-0.05, 0) is 18.8 Å². The van der Waals surface area contributed by atoms with Gasteiger partial charge in [0, 0.05) is 26.4 Å². The number of aliphatic hydroxyl groups is 1. The summed E-state index contributed by atoms with van der Waals surface area (Å²) in [6.45, 7) is 5.50. The molecule has 0 aromatic heterocycles. The number of esters is 2. The third-order valence-electron chi connectivity index (χ3n) is 4.72. The maximum atomic E-state index is 12.3. The van der Waals surface area contributed by atoms with E-state index in [4.69, 9.17) is 0 Å². The van der Waals surface area contributed by atoms with Gasteiger partial charge in [-0.15, -0.1) is 6.58 Å². The van der Waals surface area contributed by atoms with Crippen LogP contribution in [-0.4, -0.2) is 64.8 Å². The molecule has 26 heavy (non-hydrogen) atoms. The molecule has 1 saturated carbocycles. The van der Waals surface area contributed by atoms with Gasteiger partial charge in [-0.2, -0.15) is 13.2 Å². The van der Waals surface area contributed by atoms with E-state index in [-0.39, 0.29) is 37.3 Å². The second kappa shape index (κ2) is 7.36. The van der Waals surface area contributed by atoms with E-state index < -0.39 is 29.8 Å². The molecule has 4 atom stereocenters. The molecule has 1 aliphatic heterocycles. The smallest absolute Gasteiger partial charge is 0.388 e. The Kier molecular flexibility index (Phi) is 5.76. The Morgan fingerprint density at radius 3 is 2.62 bits per heavy atom. The van der Waals surface area contributed by atoms with Gasteiger partial charge < -0.3 is 15.2 Å². The zero-order valence-corrected chi connectivity index (χ0v) is 14.2. The average Bonchev–Trinajstić information content (AvgIpc) is 2.96. The van der Waals surface area contributed by atoms with Gasteiger partial charge in [-0.1, -0.05) is 6.08 Å². The standard InChI is InChI=1S/C16H21F3N2O5/c1-3-10-6-11(13(23)26-14(24)16(17,18)19)21(8-10)5-4-15(25)7-12(15)20-9(2)22/h3,10-12,25H,1,4-8H2,2H3,(H,20,22). The van der Waals surface area contributed by atoms with Crippen LogP contribution in [0, 0.1) is 5.92 Å². The Balaban J connectivity index is 1.95. The third-order valence-corrected chi connectivity index (χ3v) is 4.72. The lowest BCUT2D eigenvalue weighted by molar-refractivity contribution is -0.203. The summed E-state index contributed by atoms with van der Waals surface area (Å²) in [4.78, 5) is 35.5. The molecule has 0 bridgehead atoms.